The number of piperidine rings is 1. The molecule has 0 spiro atoms. The number of halogens is 3. The summed E-state index contributed by atoms with van der Waals surface area (Å²) in [6, 6.07) is 4.89. The number of fused-ring (bicyclic) bond motifs is 1. The minimum atomic E-state index is -4.49. The molecule has 2 amide bonds. The average molecular weight is 504 g/mol. The van der Waals surface area contributed by atoms with E-state index in [0.717, 1.165) is 56.5 Å². The van der Waals surface area contributed by atoms with Crippen LogP contribution in [0.3, 0.4) is 0 Å². The van der Waals surface area contributed by atoms with E-state index >= 15 is 0 Å². The molecule has 5 rings (SSSR count). The van der Waals surface area contributed by atoms with Gasteiger partial charge in [-0.25, -0.2) is 9.78 Å². The van der Waals surface area contributed by atoms with Crippen molar-refractivity contribution in [2.45, 2.75) is 43.8 Å². The summed E-state index contributed by atoms with van der Waals surface area (Å²) in [5, 5.41) is 5.04. The van der Waals surface area contributed by atoms with Gasteiger partial charge >= 0.3 is 11.9 Å². The van der Waals surface area contributed by atoms with Gasteiger partial charge in [-0.2, -0.15) is 13.2 Å². The Hall–Kier alpha value is -3.21. The summed E-state index contributed by atoms with van der Waals surface area (Å²) in [4.78, 5) is 44.8. The highest BCUT2D eigenvalue weighted by molar-refractivity contribution is 5.95. The number of alkyl halides is 3. The van der Waals surface area contributed by atoms with Gasteiger partial charge in [-0.05, 0) is 67.2 Å². The van der Waals surface area contributed by atoms with Gasteiger partial charge in [-0.1, -0.05) is 6.07 Å². The van der Waals surface area contributed by atoms with Gasteiger partial charge in [0, 0.05) is 43.1 Å². The lowest BCUT2D eigenvalue weighted by atomic mass is 9.82. The number of amides is 2. The van der Waals surface area contributed by atoms with Crippen LogP contribution in [0.2, 0.25) is 0 Å². The molecule has 1 aromatic carbocycles. The predicted molar refractivity (Wildman–Crippen MR) is 125 cm³/mol. The lowest BCUT2D eigenvalue weighted by Gasteiger charge is -2.35. The maximum Gasteiger partial charge on any atom is 0.416 e. The molecule has 8 nitrogen and oxygen atoms in total. The second-order valence-corrected chi connectivity index (χ2v) is 10.0. The number of anilines is 1. The molecular weight excluding hydrogens is 475 g/mol. The van der Waals surface area contributed by atoms with Crippen LogP contribution < -0.4 is 16.3 Å². The van der Waals surface area contributed by atoms with Crippen molar-refractivity contribution in [2.24, 2.45) is 17.8 Å². The second kappa shape index (κ2) is 9.68. The highest BCUT2D eigenvalue weighted by Crippen LogP contribution is 2.53. The molecule has 1 aromatic heterocycles. The van der Waals surface area contributed by atoms with Gasteiger partial charge in [0.25, 0.3) is 0 Å². The Balaban J connectivity index is 1.03. The first-order chi connectivity index (χ1) is 17.2. The summed E-state index contributed by atoms with van der Waals surface area (Å²) >= 11 is 0. The maximum absolute atomic E-state index is 12.8. The van der Waals surface area contributed by atoms with Gasteiger partial charge in [-0.3, -0.25) is 14.5 Å². The molecule has 2 aromatic rings. The number of nitrogens with zero attached hydrogens (tertiary/aromatic N) is 2. The molecule has 3 atom stereocenters. The summed E-state index contributed by atoms with van der Waals surface area (Å²) in [5.41, 5.74) is -0.0686. The van der Waals surface area contributed by atoms with Crippen LogP contribution in [-0.4, -0.2) is 52.4 Å². The first kappa shape index (κ1) is 24.5. The Bertz CT molecular complexity index is 1160. The van der Waals surface area contributed by atoms with Crippen molar-refractivity contribution in [2.75, 3.05) is 25.0 Å². The number of benzene rings is 1. The molecule has 0 radical (unpaired) electrons. The van der Waals surface area contributed by atoms with Crippen molar-refractivity contribution in [1.29, 1.82) is 0 Å². The number of hydrogen-bond donors (Lipinski definition) is 3. The van der Waals surface area contributed by atoms with Gasteiger partial charge in [-0.15, -0.1) is 0 Å². The molecule has 1 saturated heterocycles. The topological polar surface area (TPSA) is 107 Å². The number of nitrogens with one attached hydrogen (secondary N) is 3. The summed E-state index contributed by atoms with van der Waals surface area (Å²) in [6.45, 7) is 1.46. The minimum Gasteiger partial charge on any atom is -0.347 e. The number of rotatable bonds is 6. The van der Waals surface area contributed by atoms with Crippen LogP contribution in [0.15, 0.2) is 41.5 Å². The number of hydrogen-bond acceptors (Lipinski definition) is 5. The van der Waals surface area contributed by atoms with E-state index in [0.29, 0.717) is 12.0 Å². The van der Waals surface area contributed by atoms with Crippen LogP contribution in [0.5, 0.6) is 0 Å². The lowest BCUT2D eigenvalue weighted by molar-refractivity contribution is -0.137. The molecule has 0 bridgehead atoms. The van der Waals surface area contributed by atoms with Gasteiger partial charge < -0.3 is 15.6 Å². The van der Waals surface area contributed by atoms with E-state index in [9.17, 15) is 27.6 Å². The fraction of sp³-hybridized carbons (Fsp3) is 0.520. The molecule has 1 unspecified atom stereocenters. The van der Waals surface area contributed by atoms with Crippen LogP contribution in [0, 0.1) is 17.8 Å². The number of aromatic amines is 1. The zero-order valence-electron chi connectivity index (χ0n) is 19.6. The fourth-order valence-corrected chi connectivity index (χ4v) is 5.86. The molecule has 3 aliphatic rings. The first-order valence-corrected chi connectivity index (χ1v) is 12.2. The lowest BCUT2D eigenvalue weighted by Crippen LogP contribution is -2.40. The number of H-pyrrole nitrogens is 1. The monoisotopic (exact) mass is 503 g/mol. The van der Waals surface area contributed by atoms with Crippen molar-refractivity contribution >= 4 is 17.5 Å². The van der Waals surface area contributed by atoms with Gasteiger partial charge in [0.15, 0.2) is 0 Å². The predicted octanol–water partition coefficient (Wildman–Crippen LogP) is 2.75. The Labute approximate surface area is 205 Å². The molecule has 36 heavy (non-hydrogen) atoms. The molecule has 1 aliphatic heterocycles. The number of aromatic nitrogens is 2. The van der Waals surface area contributed by atoms with Crippen molar-refractivity contribution < 1.29 is 22.8 Å². The minimum absolute atomic E-state index is 0.0366. The fourth-order valence-electron chi connectivity index (χ4n) is 5.86. The van der Waals surface area contributed by atoms with Crippen LogP contribution in [0.1, 0.15) is 42.7 Å². The summed E-state index contributed by atoms with van der Waals surface area (Å²) in [7, 11) is 0. The van der Waals surface area contributed by atoms with Crippen LogP contribution in [0.4, 0.5) is 18.9 Å². The van der Waals surface area contributed by atoms with Crippen molar-refractivity contribution in [3.05, 3.63) is 58.3 Å². The average Bonchev–Trinajstić information content (AvgIpc) is 3.36. The van der Waals surface area contributed by atoms with E-state index < -0.39 is 17.6 Å². The molecular formula is C25H28F3N5O3. The number of likely N-dealkylation sites (tertiary alicyclic amines) is 1. The zero-order chi connectivity index (χ0) is 25.4. The van der Waals surface area contributed by atoms with Gasteiger partial charge in [0.2, 0.25) is 11.8 Å². The smallest absolute Gasteiger partial charge is 0.347 e. The molecule has 2 aliphatic carbocycles. The van der Waals surface area contributed by atoms with E-state index in [1.54, 1.807) is 12.4 Å². The molecule has 3 N–H and O–H groups in total. The standard InChI is InChI=1S/C25H28F3N5O3/c26-25(27,28)16-2-1-3-17(8-16)32-21(34)11-29-23(35)22-19-12-33(13-20(19)22)18-6-4-14(5-7-18)15-9-30-24(36)31-10-15/h1-3,8-10,14,18-20,22H,4-7,11-13H2,(H,29,35)(H,32,34)(H,30,31,36)/t14?,18?,19-,20+,22?. The Kier molecular flexibility index (Phi) is 6.59. The van der Waals surface area contributed by atoms with Crippen molar-refractivity contribution in [3.8, 4) is 0 Å². The zero-order valence-corrected chi connectivity index (χ0v) is 19.6. The third-order valence-electron chi connectivity index (χ3n) is 7.80. The third-order valence-corrected chi connectivity index (χ3v) is 7.80. The van der Waals surface area contributed by atoms with E-state index in [1.165, 1.54) is 12.1 Å². The molecule has 2 saturated carbocycles. The van der Waals surface area contributed by atoms with E-state index in [1.807, 2.05) is 0 Å². The van der Waals surface area contributed by atoms with Crippen LogP contribution in [0.25, 0.3) is 0 Å². The SMILES string of the molecule is O=C(CNC(=O)C1[C@H]2CN(C3CCC(c4cnc(=O)[nH]c4)CC3)C[C@@H]12)Nc1cccc(C(F)(F)F)c1. The Morgan fingerprint density at radius 3 is 2.47 bits per heavy atom. The molecule has 11 heteroatoms. The van der Waals surface area contributed by atoms with E-state index in [-0.39, 0.29) is 41.6 Å². The van der Waals surface area contributed by atoms with Crippen LogP contribution in [-0.2, 0) is 15.8 Å². The quantitative estimate of drug-likeness (QED) is 0.562. The number of carbonyl (C=O) groups excluding carboxylic acids is 2. The van der Waals surface area contributed by atoms with Crippen molar-refractivity contribution in [1.82, 2.24) is 20.2 Å². The summed E-state index contributed by atoms with van der Waals surface area (Å²) in [6.07, 6.45) is 3.13. The first-order valence-electron chi connectivity index (χ1n) is 12.2. The van der Waals surface area contributed by atoms with Gasteiger partial charge in [0.05, 0.1) is 12.1 Å². The maximum atomic E-state index is 12.8. The molecule has 3 fully saturated rings. The van der Waals surface area contributed by atoms with E-state index in [4.69, 9.17) is 0 Å². The second-order valence-electron chi connectivity index (χ2n) is 10.0. The molecule has 192 valence electrons. The highest BCUT2D eigenvalue weighted by Gasteiger charge is 2.60. The highest BCUT2D eigenvalue weighted by atomic mass is 19.4. The normalized spacial score (nSPS) is 27.8. The Morgan fingerprint density at radius 1 is 1.11 bits per heavy atom. The largest absolute Gasteiger partial charge is 0.416 e. The number of carbonyl (C=O) groups is 2. The van der Waals surface area contributed by atoms with Crippen LogP contribution >= 0.6 is 0 Å². The van der Waals surface area contributed by atoms with E-state index in [2.05, 4.69) is 25.5 Å². The van der Waals surface area contributed by atoms with Gasteiger partial charge in [0.1, 0.15) is 0 Å². The summed E-state index contributed by atoms with van der Waals surface area (Å²) < 4.78 is 38.5. The summed E-state index contributed by atoms with van der Waals surface area (Å²) in [5.74, 6) is 0.146. The Morgan fingerprint density at radius 2 is 1.83 bits per heavy atom. The third kappa shape index (κ3) is 5.30. The molecule has 2 heterocycles. The van der Waals surface area contributed by atoms with Crippen molar-refractivity contribution in [3.63, 3.8) is 0 Å².